The van der Waals surface area contributed by atoms with E-state index in [1.807, 2.05) is 38.1 Å². The SMILES string of the molecule is Cc1cc(SCC(=O)NN=Cc2ccc(Br)cc2)c(C)cc1Br. The third-order valence-corrected chi connectivity index (χ3v) is 5.63. The summed E-state index contributed by atoms with van der Waals surface area (Å²) in [6.07, 6.45) is 1.63. The van der Waals surface area contributed by atoms with Gasteiger partial charge in [0.1, 0.15) is 0 Å². The largest absolute Gasteiger partial charge is 0.272 e. The van der Waals surface area contributed by atoms with Gasteiger partial charge < -0.3 is 0 Å². The molecule has 0 radical (unpaired) electrons. The average Bonchev–Trinajstić information content (AvgIpc) is 2.51. The van der Waals surface area contributed by atoms with E-state index in [4.69, 9.17) is 0 Å². The Labute approximate surface area is 157 Å². The Morgan fingerprint density at radius 3 is 2.57 bits per heavy atom. The van der Waals surface area contributed by atoms with Crippen LogP contribution in [0.5, 0.6) is 0 Å². The van der Waals surface area contributed by atoms with E-state index in [0.717, 1.165) is 30.5 Å². The number of carbonyl (C=O) groups is 1. The van der Waals surface area contributed by atoms with Crippen molar-refractivity contribution in [1.29, 1.82) is 0 Å². The molecule has 1 N–H and O–H groups in total. The zero-order chi connectivity index (χ0) is 16.8. The second kappa shape index (κ2) is 8.66. The van der Waals surface area contributed by atoms with E-state index in [0.29, 0.717) is 5.75 Å². The molecule has 0 aliphatic carbocycles. The molecule has 23 heavy (non-hydrogen) atoms. The Morgan fingerprint density at radius 2 is 1.87 bits per heavy atom. The first-order chi connectivity index (χ1) is 11.0. The van der Waals surface area contributed by atoms with Crippen molar-refractivity contribution < 1.29 is 4.79 Å². The molecule has 1 amide bonds. The molecule has 0 atom stereocenters. The number of carbonyl (C=O) groups excluding carboxylic acids is 1. The molecule has 0 aliphatic rings. The Bertz CT molecular complexity index is 730. The molecule has 0 bridgehead atoms. The highest BCUT2D eigenvalue weighted by molar-refractivity contribution is 9.10. The van der Waals surface area contributed by atoms with Crippen molar-refractivity contribution in [2.24, 2.45) is 5.10 Å². The number of halogens is 2. The maximum atomic E-state index is 11.9. The molecule has 2 aromatic rings. The molecule has 120 valence electrons. The Kier molecular flexibility index (Phi) is 6.87. The summed E-state index contributed by atoms with van der Waals surface area (Å²) in [5, 5.41) is 3.98. The first-order valence-electron chi connectivity index (χ1n) is 6.92. The summed E-state index contributed by atoms with van der Waals surface area (Å²) >= 11 is 8.40. The van der Waals surface area contributed by atoms with Gasteiger partial charge in [-0.25, -0.2) is 5.43 Å². The van der Waals surface area contributed by atoms with Crippen molar-refractivity contribution in [2.45, 2.75) is 18.7 Å². The number of hydrogen-bond acceptors (Lipinski definition) is 3. The minimum Gasteiger partial charge on any atom is -0.272 e. The van der Waals surface area contributed by atoms with Gasteiger partial charge in [0, 0.05) is 13.8 Å². The van der Waals surface area contributed by atoms with Crippen LogP contribution in [-0.4, -0.2) is 17.9 Å². The molecule has 2 rings (SSSR count). The topological polar surface area (TPSA) is 41.5 Å². The van der Waals surface area contributed by atoms with Gasteiger partial charge in [0.2, 0.25) is 5.91 Å². The molecule has 0 saturated heterocycles. The number of nitrogens with zero attached hydrogens (tertiary/aromatic N) is 1. The van der Waals surface area contributed by atoms with Crippen molar-refractivity contribution in [3.8, 4) is 0 Å². The van der Waals surface area contributed by atoms with Crippen LogP contribution >= 0.6 is 43.6 Å². The fourth-order valence-corrected chi connectivity index (χ4v) is 3.43. The number of nitrogens with one attached hydrogen (secondary N) is 1. The second-order valence-corrected chi connectivity index (χ2v) is 7.79. The molecule has 6 heteroatoms. The second-order valence-electron chi connectivity index (χ2n) is 5.00. The van der Waals surface area contributed by atoms with Gasteiger partial charge in [0.05, 0.1) is 12.0 Å². The fourth-order valence-electron chi connectivity index (χ4n) is 1.81. The lowest BCUT2D eigenvalue weighted by Gasteiger charge is -2.08. The van der Waals surface area contributed by atoms with Gasteiger partial charge in [0.25, 0.3) is 0 Å². The van der Waals surface area contributed by atoms with Crippen LogP contribution in [0.25, 0.3) is 0 Å². The van der Waals surface area contributed by atoms with Crippen LogP contribution in [0.2, 0.25) is 0 Å². The molecule has 0 fully saturated rings. The summed E-state index contributed by atoms with van der Waals surface area (Å²) in [4.78, 5) is 13.0. The van der Waals surface area contributed by atoms with Gasteiger partial charge in [-0.3, -0.25) is 4.79 Å². The van der Waals surface area contributed by atoms with Gasteiger partial charge in [0.15, 0.2) is 0 Å². The van der Waals surface area contributed by atoms with Gasteiger partial charge in [-0.05, 0) is 54.8 Å². The highest BCUT2D eigenvalue weighted by Crippen LogP contribution is 2.28. The van der Waals surface area contributed by atoms with Gasteiger partial charge in [-0.15, -0.1) is 11.8 Å². The van der Waals surface area contributed by atoms with E-state index in [1.165, 1.54) is 11.8 Å². The lowest BCUT2D eigenvalue weighted by Crippen LogP contribution is -2.19. The van der Waals surface area contributed by atoms with E-state index in [-0.39, 0.29) is 5.91 Å². The first-order valence-corrected chi connectivity index (χ1v) is 9.50. The van der Waals surface area contributed by atoms with Crippen molar-refractivity contribution in [3.63, 3.8) is 0 Å². The number of rotatable bonds is 5. The van der Waals surface area contributed by atoms with Gasteiger partial charge >= 0.3 is 0 Å². The van der Waals surface area contributed by atoms with E-state index in [2.05, 4.69) is 54.5 Å². The Balaban J connectivity index is 1.86. The van der Waals surface area contributed by atoms with Crippen molar-refractivity contribution >= 4 is 55.7 Å². The number of aryl methyl sites for hydroxylation is 2. The number of amides is 1. The predicted molar refractivity (Wildman–Crippen MR) is 104 cm³/mol. The first kappa shape index (κ1) is 18.2. The number of thioether (sulfide) groups is 1. The van der Waals surface area contributed by atoms with E-state index in [9.17, 15) is 4.79 Å². The minimum atomic E-state index is -0.122. The van der Waals surface area contributed by atoms with Crippen LogP contribution in [0, 0.1) is 13.8 Å². The highest BCUT2D eigenvalue weighted by Gasteiger charge is 2.06. The highest BCUT2D eigenvalue weighted by atomic mass is 79.9. The lowest BCUT2D eigenvalue weighted by atomic mass is 10.2. The van der Waals surface area contributed by atoms with Crippen molar-refractivity contribution in [2.75, 3.05) is 5.75 Å². The lowest BCUT2D eigenvalue weighted by molar-refractivity contribution is -0.118. The Morgan fingerprint density at radius 1 is 1.17 bits per heavy atom. The molecule has 2 aromatic carbocycles. The predicted octanol–water partition coefficient (Wildman–Crippen LogP) is 5.07. The van der Waals surface area contributed by atoms with E-state index in [1.54, 1.807) is 6.21 Å². The molecular formula is C17H16Br2N2OS. The summed E-state index contributed by atoms with van der Waals surface area (Å²) in [5.41, 5.74) is 5.79. The van der Waals surface area contributed by atoms with Crippen LogP contribution in [0.15, 0.2) is 55.3 Å². The van der Waals surface area contributed by atoms with Crippen LogP contribution in [0.1, 0.15) is 16.7 Å². The van der Waals surface area contributed by atoms with Gasteiger partial charge in [-0.2, -0.15) is 5.10 Å². The molecule has 0 aliphatic heterocycles. The Hall–Kier alpha value is -1.11. The molecule has 0 saturated carbocycles. The number of hydrazone groups is 1. The maximum Gasteiger partial charge on any atom is 0.250 e. The molecule has 0 unspecified atom stereocenters. The third-order valence-electron chi connectivity index (χ3n) is 3.09. The number of hydrogen-bond donors (Lipinski definition) is 1. The minimum absolute atomic E-state index is 0.122. The quantitative estimate of drug-likeness (QED) is 0.388. The monoisotopic (exact) mass is 454 g/mol. The van der Waals surface area contributed by atoms with Gasteiger partial charge in [-0.1, -0.05) is 44.0 Å². The standard InChI is InChI=1S/C17H16Br2N2OS/c1-11-8-16(12(2)7-15(11)19)23-10-17(22)21-20-9-13-3-5-14(18)6-4-13/h3-9H,10H2,1-2H3,(H,21,22). The van der Waals surface area contributed by atoms with Crippen molar-refractivity contribution in [1.82, 2.24) is 5.43 Å². The summed E-state index contributed by atoms with van der Waals surface area (Å²) in [6.45, 7) is 4.08. The molecule has 0 heterocycles. The molecule has 3 nitrogen and oxygen atoms in total. The maximum absolute atomic E-state index is 11.9. The summed E-state index contributed by atoms with van der Waals surface area (Å²) in [5.74, 6) is 0.211. The summed E-state index contributed by atoms with van der Waals surface area (Å²) < 4.78 is 2.10. The van der Waals surface area contributed by atoms with E-state index < -0.39 is 0 Å². The third kappa shape index (κ3) is 5.79. The smallest absolute Gasteiger partial charge is 0.250 e. The zero-order valence-electron chi connectivity index (χ0n) is 12.8. The zero-order valence-corrected chi connectivity index (χ0v) is 16.8. The molecule has 0 spiro atoms. The van der Waals surface area contributed by atoms with E-state index >= 15 is 0 Å². The molecular weight excluding hydrogens is 440 g/mol. The summed E-state index contributed by atoms with van der Waals surface area (Å²) in [6, 6.07) is 11.9. The molecule has 0 aromatic heterocycles. The van der Waals surface area contributed by atoms with Crippen molar-refractivity contribution in [3.05, 3.63) is 62.0 Å². The van der Waals surface area contributed by atoms with Crippen LogP contribution in [0.4, 0.5) is 0 Å². The normalized spacial score (nSPS) is 11.0. The summed E-state index contributed by atoms with van der Waals surface area (Å²) in [7, 11) is 0. The van der Waals surface area contributed by atoms with Crippen LogP contribution in [-0.2, 0) is 4.79 Å². The fraction of sp³-hybridized carbons (Fsp3) is 0.176. The van der Waals surface area contributed by atoms with Crippen LogP contribution in [0.3, 0.4) is 0 Å². The van der Waals surface area contributed by atoms with Crippen LogP contribution < -0.4 is 5.43 Å². The average molecular weight is 456 g/mol. The number of benzene rings is 2.